The molecule has 4 aromatic rings. The predicted molar refractivity (Wildman–Crippen MR) is 117 cm³/mol. The number of anilines is 2. The summed E-state index contributed by atoms with van der Waals surface area (Å²) in [5.74, 6) is 0.624. The van der Waals surface area contributed by atoms with E-state index in [-0.39, 0.29) is 5.91 Å². The van der Waals surface area contributed by atoms with E-state index in [1.54, 1.807) is 48.9 Å². The zero-order chi connectivity index (χ0) is 20.8. The third-order valence-electron chi connectivity index (χ3n) is 4.50. The fraction of sp³-hybridized carbons (Fsp3) is 0.0417. The van der Waals surface area contributed by atoms with Crippen LogP contribution in [0.25, 0.3) is 11.1 Å². The van der Waals surface area contributed by atoms with Crippen LogP contribution in [0.4, 0.5) is 11.5 Å². The smallest absolute Gasteiger partial charge is 0.259 e. The van der Waals surface area contributed by atoms with E-state index in [4.69, 9.17) is 10.5 Å². The second-order valence-electron chi connectivity index (χ2n) is 6.65. The van der Waals surface area contributed by atoms with E-state index in [1.807, 2.05) is 42.5 Å². The molecule has 0 atom stereocenters. The fourth-order valence-corrected chi connectivity index (χ4v) is 3.01. The number of benzene rings is 2. The molecule has 0 radical (unpaired) electrons. The van der Waals surface area contributed by atoms with E-state index in [0.29, 0.717) is 29.4 Å². The Kier molecular flexibility index (Phi) is 5.66. The molecule has 0 fully saturated rings. The molecule has 0 aliphatic heterocycles. The van der Waals surface area contributed by atoms with Crippen LogP contribution in [0.3, 0.4) is 0 Å². The van der Waals surface area contributed by atoms with E-state index in [9.17, 15) is 4.79 Å². The lowest BCUT2D eigenvalue weighted by Gasteiger charge is -2.14. The van der Waals surface area contributed by atoms with E-state index < -0.39 is 0 Å². The van der Waals surface area contributed by atoms with Gasteiger partial charge in [0, 0.05) is 12.4 Å². The highest BCUT2D eigenvalue weighted by molar-refractivity contribution is 6.06. The minimum Gasteiger partial charge on any atom is -0.488 e. The molecule has 2 heterocycles. The highest BCUT2D eigenvalue weighted by atomic mass is 16.5. The van der Waals surface area contributed by atoms with Crippen molar-refractivity contribution in [3.63, 3.8) is 0 Å². The highest BCUT2D eigenvalue weighted by Crippen LogP contribution is 2.28. The van der Waals surface area contributed by atoms with Gasteiger partial charge in [-0.25, -0.2) is 4.98 Å². The first-order valence-electron chi connectivity index (χ1n) is 9.43. The molecule has 0 spiro atoms. The second kappa shape index (κ2) is 8.87. The van der Waals surface area contributed by atoms with Crippen LogP contribution in [-0.2, 0) is 6.61 Å². The SMILES string of the molecule is Nc1cc(-c2ccc(OCc3ccccc3)c(C(=O)Nc3cccnc3)c2)ccn1. The number of hydrogen-bond donors (Lipinski definition) is 2. The number of aromatic nitrogens is 2. The Balaban J connectivity index is 1.66. The van der Waals surface area contributed by atoms with E-state index >= 15 is 0 Å². The zero-order valence-electron chi connectivity index (χ0n) is 16.2. The van der Waals surface area contributed by atoms with Gasteiger partial charge in [-0.05, 0) is 53.1 Å². The first-order chi connectivity index (χ1) is 14.7. The molecule has 3 N–H and O–H groups in total. The Morgan fingerprint density at radius 1 is 0.933 bits per heavy atom. The van der Waals surface area contributed by atoms with Crippen molar-refractivity contribution in [2.45, 2.75) is 6.61 Å². The number of hydrogen-bond acceptors (Lipinski definition) is 5. The average molecular weight is 396 g/mol. The maximum absolute atomic E-state index is 13.0. The van der Waals surface area contributed by atoms with E-state index in [0.717, 1.165) is 16.7 Å². The Hall–Kier alpha value is -4.19. The molecular formula is C24H20N4O2. The summed E-state index contributed by atoms with van der Waals surface area (Å²) in [4.78, 5) is 21.1. The van der Waals surface area contributed by atoms with Gasteiger partial charge in [-0.15, -0.1) is 0 Å². The molecule has 148 valence electrons. The maximum atomic E-state index is 13.0. The first-order valence-corrected chi connectivity index (χ1v) is 9.43. The van der Waals surface area contributed by atoms with E-state index in [1.165, 1.54) is 0 Å². The van der Waals surface area contributed by atoms with Gasteiger partial charge >= 0.3 is 0 Å². The van der Waals surface area contributed by atoms with Gasteiger partial charge in [0.05, 0.1) is 17.4 Å². The summed E-state index contributed by atoms with van der Waals surface area (Å²) in [5, 5.41) is 2.87. The Bertz CT molecular complexity index is 1150. The predicted octanol–water partition coefficient (Wildman–Crippen LogP) is 4.56. The maximum Gasteiger partial charge on any atom is 0.259 e. The number of nitrogens with one attached hydrogen (secondary N) is 1. The fourth-order valence-electron chi connectivity index (χ4n) is 3.01. The second-order valence-corrected chi connectivity index (χ2v) is 6.65. The van der Waals surface area contributed by atoms with Crippen molar-refractivity contribution in [3.8, 4) is 16.9 Å². The van der Waals surface area contributed by atoms with Crippen molar-refractivity contribution in [1.82, 2.24) is 9.97 Å². The number of pyridine rings is 2. The summed E-state index contributed by atoms with van der Waals surface area (Å²) in [6.45, 7) is 0.357. The Morgan fingerprint density at radius 3 is 2.53 bits per heavy atom. The molecule has 6 nitrogen and oxygen atoms in total. The van der Waals surface area contributed by atoms with Gasteiger partial charge in [0.1, 0.15) is 18.2 Å². The number of nitrogens with zero attached hydrogens (tertiary/aromatic N) is 2. The summed E-state index contributed by atoms with van der Waals surface area (Å²) in [7, 11) is 0. The lowest BCUT2D eigenvalue weighted by molar-refractivity contribution is 0.102. The van der Waals surface area contributed by atoms with Crippen LogP contribution in [0.2, 0.25) is 0 Å². The molecule has 6 heteroatoms. The number of nitrogens with two attached hydrogens (primary N) is 1. The molecule has 0 saturated carbocycles. The van der Waals surface area contributed by atoms with Gasteiger partial charge in [0.2, 0.25) is 0 Å². The normalized spacial score (nSPS) is 10.4. The molecule has 2 aromatic heterocycles. The van der Waals surface area contributed by atoms with Crippen molar-refractivity contribution >= 4 is 17.4 Å². The van der Waals surface area contributed by atoms with Crippen LogP contribution >= 0.6 is 0 Å². The molecule has 0 aliphatic carbocycles. The molecular weight excluding hydrogens is 376 g/mol. The zero-order valence-corrected chi connectivity index (χ0v) is 16.2. The molecule has 30 heavy (non-hydrogen) atoms. The minimum atomic E-state index is -0.282. The quantitative estimate of drug-likeness (QED) is 0.499. The number of ether oxygens (including phenoxy) is 1. The molecule has 0 bridgehead atoms. The molecule has 2 aromatic carbocycles. The highest BCUT2D eigenvalue weighted by Gasteiger charge is 2.15. The van der Waals surface area contributed by atoms with Crippen LogP contribution in [0, 0.1) is 0 Å². The number of nitrogen functional groups attached to an aromatic ring is 1. The van der Waals surface area contributed by atoms with Crippen molar-refractivity contribution in [2.24, 2.45) is 0 Å². The molecule has 0 unspecified atom stereocenters. The van der Waals surface area contributed by atoms with Crippen molar-refractivity contribution in [1.29, 1.82) is 0 Å². The van der Waals surface area contributed by atoms with Gasteiger partial charge in [-0.3, -0.25) is 9.78 Å². The number of amides is 1. The van der Waals surface area contributed by atoms with Gasteiger partial charge in [-0.2, -0.15) is 0 Å². The summed E-state index contributed by atoms with van der Waals surface area (Å²) < 4.78 is 5.98. The van der Waals surface area contributed by atoms with Crippen molar-refractivity contribution in [2.75, 3.05) is 11.1 Å². The molecule has 4 rings (SSSR count). The average Bonchev–Trinajstić information content (AvgIpc) is 2.79. The third kappa shape index (κ3) is 4.62. The summed E-state index contributed by atoms with van der Waals surface area (Å²) in [6.07, 6.45) is 4.88. The van der Waals surface area contributed by atoms with Crippen LogP contribution in [0.5, 0.6) is 5.75 Å². The molecule has 1 amide bonds. The Morgan fingerprint density at radius 2 is 1.77 bits per heavy atom. The minimum absolute atomic E-state index is 0.282. The monoisotopic (exact) mass is 396 g/mol. The Labute approximate surface area is 174 Å². The van der Waals surface area contributed by atoms with Gasteiger partial charge in [0.25, 0.3) is 5.91 Å². The lowest BCUT2D eigenvalue weighted by atomic mass is 10.0. The summed E-state index contributed by atoms with van der Waals surface area (Å²) in [6, 6.07) is 22.4. The van der Waals surface area contributed by atoms with Gasteiger partial charge < -0.3 is 15.8 Å². The molecule has 0 saturated heterocycles. The van der Waals surface area contributed by atoms with Crippen LogP contribution in [0.1, 0.15) is 15.9 Å². The van der Waals surface area contributed by atoms with Gasteiger partial charge in [-0.1, -0.05) is 36.4 Å². The van der Waals surface area contributed by atoms with Crippen molar-refractivity contribution in [3.05, 3.63) is 103 Å². The third-order valence-corrected chi connectivity index (χ3v) is 4.50. The molecule has 0 aliphatic rings. The standard InChI is InChI=1S/C24H20N4O2/c25-23-14-19(10-12-27-23)18-8-9-22(30-16-17-5-2-1-3-6-17)21(13-18)24(29)28-20-7-4-11-26-15-20/h1-15H,16H2,(H2,25,27)(H,28,29). The van der Waals surface area contributed by atoms with Crippen LogP contribution in [0.15, 0.2) is 91.4 Å². The first kappa shape index (κ1) is 19.1. The van der Waals surface area contributed by atoms with Crippen LogP contribution < -0.4 is 15.8 Å². The van der Waals surface area contributed by atoms with Crippen LogP contribution in [-0.4, -0.2) is 15.9 Å². The summed E-state index contributed by atoms with van der Waals surface area (Å²) in [5.41, 5.74) is 9.57. The largest absolute Gasteiger partial charge is 0.488 e. The van der Waals surface area contributed by atoms with Crippen molar-refractivity contribution < 1.29 is 9.53 Å². The van der Waals surface area contributed by atoms with E-state index in [2.05, 4.69) is 15.3 Å². The number of rotatable bonds is 6. The lowest BCUT2D eigenvalue weighted by Crippen LogP contribution is -2.14. The number of carbonyl (C=O) groups is 1. The topological polar surface area (TPSA) is 90.1 Å². The van der Waals surface area contributed by atoms with Gasteiger partial charge in [0.15, 0.2) is 0 Å². The summed E-state index contributed by atoms with van der Waals surface area (Å²) >= 11 is 0. The number of carbonyl (C=O) groups excluding carboxylic acids is 1.